The molecule has 2 aliphatic rings. The summed E-state index contributed by atoms with van der Waals surface area (Å²) in [5.41, 5.74) is 0. The summed E-state index contributed by atoms with van der Waals surface area (Å²) < 4.78 is 10.9. The topological polar surface area (TPSA) is 38.7 Å². The average molecular weight is 203 g/mol. The minimum Gasteiger partial charge on any atom is -0.463 e. The third kappa shape index (κ3) is 1.47. The molecule has 0 radical (unpaired) electrons. The summed E-state index contributed by atoms with van der Waals surface area (Å²) in [7, 11) is 0. The summed E-state index contributed by atoms with van der Waals surface area (Å²) in [6.45, 7) is 3.57. The van der Waals surface area contributed by atoms with Gasteiger partial charge in [0.15, 0.2) is 5.76 Å². The van der Waals surface area contributed by atoms with E-state index in [2.05, 4.69) is 0 Å². The Morgan fingerprint density at radius 2 is 2.23 bits per heavy atom. The number of fused-ring (bicyclic) bond motifs is 1. The molecule has 0 bridgehead atoms. The van der Waals surface area contributed by atoms with E-state index in [0.29, 0.717) is 10.8 Å². The van der Waals surface area contributed by atoms with E-state index >= 15 is 0 Å². The lowest BCUT2D eigenvalue weighted by Gasteiger charge is -2.18. The van der Waals surface area contributed by atoms with E-state index in [-0.39, 0.29) is 0 Å². The molecule has 0 aromatic heterocycles. The summed E-state index contributed by atoms with van der Waals surface area (Å²) in [5, 5.41) is 10.0. The lowest BCUT2D eigenvalue weighted by Crippen LogP contribution is -2.29. The molecule has 0 spiro atoms. The van der Waals surface area contributed by atoms with Crippen molar-refractivity contribution >= 4 is 11.6 Å². The number of ether oxygens (including phenoxy) is 2. The second-order valence-corrected chi connectivity index (χ2v) is 4.01. The van der Waals surface area contributed by atoms with Crippen molar-refractivity contribution in [1.29, 1.82) is 0 Å². The highest BCUT2D eigenvalue weighted by Crippen LogP contribution is 2.38. The Bertz CT molecular complexity index is 293. The predicted octanol–water partition coefficient (Wildman–Crippen LogP) is 1.52. The number of aliphatic hydroxyl groups is 1. The molecule has 3 nitrogen and oxygen atoms in total. The van der Waals surface area contributed by atoms with Gasteiger partial charge in [-0.25, -0.2) is 0 Å². The maximum atomic E-state index is 9.54. The average Bonchev–Trinajstić information content (AvgIpc) is 2.35. The highest BCUT2D eigenvalue weighted by Gasteiger charge is 2.43. The molecule has 0 unspecified atom stereocenters. The summed E-state index contributed by atoms with van der Waals surface area (Å²) in [6.07, 6.45) is 2.11. The highest BCUT2D eigenvalue weighted by molar-refractivity contribution is 6.31. The van der Waals surface area contributed by atoms with Gasteiger partial charge in [-0.1, -0.05) is 17.7 Å². The zero-order valence-corrected chi connectivity index (χ0v) is 8.21. The lowest BCUT2D eigenvalue weighted by atomic mass is 10.1. The van der Waals surface area contributed by atoms with Crippen LogP contribution in [0.1, 0.15) is 13.8 Å². The lowest BCUT2D eigenvalue weighted by molar-refractivity contribution is -0.143. The molecule has 0 aromatic carbocycles. The van der Waals surface area contributed by atoms with Gasteiger partial charge in [-0.05, 0) is 6.08 Å². The van der Waals surface area contributed by atoms with Gasteiger partial charge in [0.25, 0.3) is 0 Å². The van der Waals surface area contributed by atoms with Gasteiger partial charge < -0.3 is 14.6 Å². The highest BCUT2D eigenvalue weighted by atomic mass is 35.5. The van der Waals surface area contributed by atoms with Crippen LogP contribution in [0, 0.1) is 0 Å². The minimum absolute atomic E-state index is 0.451. The van der Waals surface area contributed by atoms with Crippen LogP contribution in [0.5, 0.6) is 0 Å². The molecule has 13 heavy (non-hydrogen) atoms. The molecule has 1 N–H and O–H groups in total. The fourth-order valence-electron chi connectivity index (χ4n) is 1.48. The smallest absolute Gasteiger partial charge is 0.205 e. The quantitative estimate of drug-likeness (QED) is 0.647. The van der Waals surface area contributed by atoms with Gasteiger partial charge in [0.1, 0.15) is 12.2 Å². The Labute approximate surface area is 81.6 Å². The molecule has 1 aliphatic carbocycles. The van der Waals surface area contributed by atoms with E-state index in [1.807, 2.05) is 0 Å². The van der Waals surface area contributed by atoms with Crippen molar-refractivity contribution in [1.82, 2.24) is 0 Å². The zero-order valence-electron chi connectivity index (χ0n) is 7.45. The van der Waals surface area contributed by atoms with Gasteiger partial charge in [-0.2, -0.15) is 0 Å². The first-order valence-electron chi connectivity index (χ1n) is 4.12. The Morgan fingerprint density at radius 1 is 1.54 bits per heavy atom. The van der Waals surface area contributed by atoms with Crippen LogP contribution in [-0.4, -0.2) is 23.1 Å². The van der Waals surface area contributed by atoms with E-state index in [9.17, 15) is 5.11 Å². The molecule has 1 heterocycles. The fourth-order valence-corrected chi connectivity index (χ4v) is 1.70. The maximum absolute atomic E-state index is 9.54. The van der Waals surface area contributed by atoms with Crippen LogP contribution in [-0.2, 0) is 9.47 Å². The third-order valence-electron chi connectivity index (χ3n) is 2.01. The molecule has 4 heteroatoms. The van der Waals surface area contributed by atoms with Crippen LogP contribution < -0.4 is 0 Å². The first-order valence-corrected chi connectivity index (χ1v) is 4.50. The maximum Gasteiger partial charge on any atom is 0.205 e. The van der Waals surface area contributed by atoms with Crippen molar-refractivity contribution in [2.45, 2.75) is 31.8 Å². The van der Waals surface area contributed by atoms with Crippen LogP contribution in [0.25, 0.3) is 0 Å². The monoisotopic (exact) mass is 202 g/mol. The molecule has 0 amide bonds. The number of hydrogen-bond acceptors (Lipinski definition) is 3. The van der Waals surface area contributed by atoms with Gasteiger partial charge in [0, 0.05) is 13.8 Å². The zero-order chi connectivity index (χ0) is 9.64. The van der Waals surface area contributed by atoms with Gasteiger partial charge >= 0.3 is 0 Å². The second kappa shape index (κ2) is 2.74. The number of hydrogen-bond donors (Lipinski definition) is 1. The minimum atomic E-state index is -0.701. The first kappa shape index (κ1) is 9.06. The summed E-state index contributed by atoms with van der Waals surface area (Å²) >= 11 is 5.89. The van der Waals surface area contributed by atoms with Crippen molar-refractivity contribution in [2.24, 2.45) is 0 Å². The molecule has 2 rings (SSSR count). The van der Waals surface area contributed by atoms with Crippen LogP contribution >= 0.6 is 11.6 Å². The van der Waals surface area contributed by atoms with Crippen molar-refractivity contribution in [3.05, 3.63) is 22.9 Å². The van der Waals surface area contributed by atoms with Crippen molar-refractivity contribution in [2.75, 3.05) is 0 Å². The summed E-state index contributed by atoms with van der Waals surface area (Å²) in [5.74, 6) is -0.172. The Morgan fingerprint density at radius 3 is 2.85 bits per heavy atom. The van der Waals surface area contributed by atoms with Gasteiger partial charge in [-0.15, -0.1) is 0 Å². The molecular weight excluding hydrogens is 192 g/mol. The molecule has 0 saturated carbocycles. The first-order chi connectivity index (χ1) is 5.99. The van der Waals surface area contributed by atoms with Crippen molar-refractivity contribution in [3.8, 4) is 0 Å². The Kier molecular flexibility index (Phi) is 1.91. The molecule has 2 atom stereocenters. The summed E-state index contributed by atoms with van der Waals surface area (Å²) in [6, 6.07) is 0. The molecule has 1 saturated heterocycles. The molecule has 0 aromatic rings. The number of rotatable bonds is 0. The second-order valence-electron chi connectivity index (χ2n) is 3.60. The molecule has 1 aliphatic heterocycles. The van der Waals surface area contributed by atoms with Crippen LogP contribution in [0.15, 0.2) is 22.9 Å². The van der Waals surface area contributed by atoms with E-state index in [4.69, 9.17) is 21.1 Å². The molecule has 72 valence electrons. The van der Waals surface area contributed by atoms with Crippen LogP contribution in [0.2, 0.25) is 0 Å². The number of halogens is 1. The van der Waals surface area contributed by atoms with Crippen molar-refractivity contribution in [3.63, 3.8) is 0 Å². The Balaban J connectivity index is 2.34. The van der Waals surface area contributed by atoms with Gasteiger partial charge in [0.2, 0.25) is 5.79 Å². The van der Waals surface area contributed by atoms with E-state index < -0.39 is 18.0 Å². The SMILES string of the molecule is CC1(C)OC2=C(Cl)C=C[C@@H](O)[C@@H]2O1. The fraction of sp³-hybridized carbons (Fsp3) is 0.556. The summed E-state index contributed by atoms with van der Waals surface area (Å²) in [4.78, 5) is 0. The Hall–Kier alpha value is -0.510. The van der Waals surface area contributed by atoms with Crippen LogP contribution in [0.3, 0.4) is 0 Å². The number of aliphatic hydroxyl groups excluding tert-OH is 1. The van der Waals surface area contributed by atoms with Crippen molar-refractivity contribution < 1.29 is 14.6 Å². The van der Waals surface area contributed by atoms with Crippen LogP contribution in [0.4, 0.5) is 0 Å². The van der Waals surface area contributed by atoms with E-state index in [1.54, 1.807) is 26.0 Å². The largest absolute Gasteiger partial charge is 0.463 e. The van der Waals surface area contributed by atoms with E-state index in [1.165, 1.54) is 0 Å². The molecule has 1 fully saturated rings. The molecular formula is C9H11ClO3. The van der Waals surface area contributed by atoms with E-state index in [0.717, 1.165) is 0 Å². The standard InChI is InChI=1S/C9H11ClO3/c1-9(2)12-7-5(10)3-4-6(11)8(7)13-9/h3-4,6,8,11H,1-2H3/t6-,8+/m1/s1. The normalized spacial score (nSPS) is 36.0. The van der Waals surface area contributed by atoms with Gasteiger partial charge in [0.05, 0.1) is 5.03 Å². The predicted molar refractivity (Wildman–Crippen MR) is 48.1 cm³/mol. The number of allylic oxidation sites excluding steroid dienone is 2. The third-order valence-corrected chi connectivity index (χ3v) is 2.32. The van der Waals surface area contributed by atoms with Gasteiger partial charge in [-0.3, -0.25) is 0 Å².